The molecule has 2 aliphatic rings. The molecule has 0 radical (unpaired) electrons. The van der Waals surface area contributed by atoms with Crippen LogP contribution in [0.1, 0.15) is 80.8 Å². The van der Waals surface area contributed by atoms with Crippen LogP contribution in [0, 0.1) is 5.92 Å². The number of carboxylic acid groups (broad SMARTS) is 1. The molecule has 0 amide bonds. The molecule has 0 heterocycles. The smallest absolute Gasteiger partial charge is 0.303 e. The minimum Gasteiger partial charge on any atom is -0.481 e. The molecule has 21 heavy (non-hydrogen) atoms. The van der Waals surface area contributed by atoms with Gasteiger partial charge in [-0.1, -0.05) is 49.9 Å². The van der Waals surface area contributed by atoms with E-state index in [2.05, 4.69) is 24.3 Å². The van der Waals surface area contributed by atoms with Crippen molar-refractivity contribution >= 4 is 5.97 Å². The van der Waals surface area contributed by atoms with E-state index < -0.39 is 5.97 Å². The molecule has 0 bridgehead atoms. The SMILES string of the molecule is O=C(O)CC(c1ccc(C2CCCCCC2)cc1)C1CC1. The minimum atomic E-state index is -0.667. The third-order valence-electron chi connectivity index (χ3n) is 5.28. The van der Waals surface area contributed by atoms with Gasteiger partial charge in [-0.05, 0) is 54.6 Å². The summed E-state index contributed by atoms with van der Waals surface area (Å²) in [5.74, 6) is 0.885. The van der Waals surface area contributed by atoms with Gasteiger partial charge in [-0.2, -0.15) is 0 Å². The minimum absolute atomic E-state index is 0.227. The Morgan fingerprint density at radius 1 is 1.00 bits per heavy atom. The van der Waals surface area contributed by atoms with E-state index in [1.165, 1.54) is 62.5 Å². The van der Waals surface area contributed by atoms with E-state index in [1.54, 1.807) is 0 Å². The van der Waals surface area contributed by atoms with Gasteiger partial charge >= 0.3 is 5.97 Å². The summed E-state index contributed by atoms with van der Waals surface area (Å²) in [5, 5.41) is 9.11. The van der Waals surface area contributed by atoms with Gasteiger partial charge in [0.15, 0.2) is 0 Å². The molecule has 2 nitrogen and oxygen atoms in total. The summed E-state index contributed by atoms with van der Waals surface area (Å²) in [6, 6.07) is 8.93. The number of benzene rings is 1. The van der Waals surface area contributed by atoms with Crippen molar-refractivity contribution in [3.8, 4) is 0 Å². The van der Waals surface area contributed by atoms with E-state index in [1.807, 2.05) is 0 Å². The van der Waals surface area contributed by atoms with Crippen molar-refractivity contribution in [2.24, 2.45) is 5.92 Å². The highest BCUT2D eigenvalue weighted by molar-refractivity contribution is 5.68. The third-order valence-corrected chi connectivity index (χ3v) is 5.28. The zero-order chi connectivity index (χ0) is 14.7. The summed E-state index contributed by atoms with van der Waals surface area (Å²) in [6.45, 7) is 0. The van der Waals surface area contributed by atoms with Gasteiger partial charge in [0.25, 0.3) is 0 Å². The zero-order valence-electron chi connectivity index (χ0n) is 12.8. The Balaban J connectivity index is 1.71. The van der Waals surface area contributed by atoms with Crippen LogP contribution in [0.3, 0.4) is 0 Å². The molecular formula is C19H26O2. The second-order valence-electron chi connectivity index (χ2n) is 6.90. The van der Waals surface area contributed by atoms with Gasteiger partial charge in [0.1, 0.15) is 0 Å². The zero-order valence-corrected chi connectivity index (χ0v) is 12.8. The number of hydrogen-bond acceptors (Lipinski definition) is 1. The summed E-state index contributed by atoms with van der Waals surface area (Å²) in [6.07, 6.45) is 10.8. The lowest BCUT2D eigenvalue weighted by atomic mass is 9.87. The third kappa shape index (κ3) is 3.87. The van der Waals surface area contributed by atoms with Crippen molar-refractivity contribution in [2.75, 3.05) is 0 Å². The first-order chi connectivity index (χ1) is 10.2. The summed E-state index contributed by atoms with van der Waals surface area (Å²) in [7, 11) is 0. The molecule has 0 saturated heterocycles. The Morgan fingerprint density at radius 2 is 1.62 bits per heavy atom. The van der Waals surface area contributed by atoms with E-state index in [0.717, 1.165) is 5.92 Å². The molecule has 3 rings (SSSR count). The Labute approximate surface area is 127 Å². The lowest BCUT2D eigenvalue weighted by Crippen LogP contribution is -2.08. The van der Waals surface area contributed by atoms with E-state index >= 15 is 0 Å². The Morgan fingerprint density at radius 3 is 2.14 bits per heavy atom. The number of carboxylic acids is 1. The quantitative estimate of drug-likeness (QED) is 0.765. The summed E-state index contributed by atoms with van der Waals surface area (Å²) < 4.78 is 0. The standard InChI is InChI=1S/C19H26O2/c20-19(21)13-18(17-11-12-17)16-9-7-15(8-10-16)14-5-3-1-2-4-6-14/h7-10,14,17-18H,1-6,11-13H2,(H,20,21). The molecule has 0 aliphatic heterocycles. The maximum Gasteiger partial charge on any atom is 0.303 e. The van der Waals surface area contributed by atoms with Crippen LogP contribution in [-0.4, -0.2) is 11.1 Å². The normalized spacial score (nSPS) is 21.7. The van der Waals surface area contributed by atoms with E-state index in [4.69, 9.17) is 5.11 Å². The van der Waals surface area contributed by atoms with Crippen LogP contribution < -0.4 is 0 Å². The monoisotopic (exact) mass is 286 g/mol. The van der Waals surface area contributed by atoms with Crippen LogP contribution in [0.5, 0.6) is 0 Å². The Hall–Kier alpha value is -1.31. The lowest BCUT2D eigenvalue weighted by Gasteiger charge is -2.18. The van der Waals surface area contributed by atoms with Crippen LogP contribution in [0.25, 0.3) is 0 Å². The molecule has 1 atom stereocenters. The van der Waals surface area contributed by atoms with Gasteiger partial charge in [0.05, 0.1) is 6.42 Å². The van der Waals surface area contributed by atoms with Crippen LogP contribution in [0.2, 0.25) is 0 Å². The summed E-state index contributed by atoms with van der Waals surface area (Å²) >= 11 is 0. The van der Waals surface area contributed by atoms with Crippen LogP contribution in [0.4, 0.5) is 0 Å². The molecule has 1 N–H and O–H groups in total. The highest BCUT2D eigenvalue weighted by Crippen LogP contribution is 2.44. The molecule has 2 saturated carbocycles. The fourth-order valence-electron chi connectivity index (χ4n) is 3.87. The number of hydrogen-bond donors (Lipinski definition) is 1. The van der Waals surface area contributed by atoms with Gasteiger partial charge in [-0.3, -0.25) is 4.79 Å². The predicted molar refractivity (Wildman–Crippen MR) is 84.6 cm³/mol. The van der Waals surface area contributed by atoms with Gasteiger partial charge in [-0.25, -0.2) is 0 Å². The largest absolute Gasteiger partial charge is 0.481 e. The van der Waals surface area contributed by atoms with Gasteiger partial charge in [0, 0.05) is 0 Å². The molecule has 1 aromatic carbocycles. The molecule has 1 aromatic rings. The number of aliphatic carboxylic acids is 1. The average Bonchev–Trinajstić information content (AvgIpc) is 3.31. The van der Waals surface area contributed by atoms with Crippen LogP contribution in [-0.2, 0) is 4.79 Å². The second-order valence-corrected chi connectivity index (χ2v) is 6.90. The van der Waals surface area contributed by atoms with Gasteiger partial charge in [0.2, 0.25) is 0 Å². The van der Waals surface area contributed by atoms with E-state index in [-0.39, 0.29) is 12.3 Å². The van der Waals surface area contributed by atoms with Crippen LogP contribution >= 0.6 is 0 Å². The molecular weight excluding hydrogens is 260 g/mol. The Kier molecular flexibility index (Phi) is 4.62. The first-order valence-electron chi connectivity index (χ1n) is 8.55. The lowest BCUT2D eigenvalue weighted by molar-refractivity contribution is -0.137. The molecule has 0 aromatic heterocycles. The highest BCUT2D eigenvalue weighted by Gasteiger charge is 2.33. The van der Waals surface area contributed by atoms with Crippen LogP contribution in [0.15, 0.2) is 24.3 Å². The molecule has 1 unspecified atom stereocenters. The van der Waals surface area contributed by atoms with Crippen molar-refractivity contribution in [1.29, 1.82) is 0 Å². The predicted octanol–water partition coefficient (Wildman–Crippen LogP) is 5.09. The Bertz CT molecular complexity index is 465. The fraction of sp³-hybridized carbons (Fsp3) is 0.632. The van der Waals surface area contributed by atoms with E-state index in [9.17, 15) is 4.79 Å². The number of rotatable bonds is 5. The average molecular weight is 286 g/mol. The first-order valence-corrected chi connectivity index (χ1v) is 8.55. The maximum atomic E-state index is 11.1. The molecule has 2 heteroatoms. The number of carbonyl (C=O) groups is 1. The maximum absolute atomic E-state index is 11.1. The topological polar surface area (TPSA) is 37.3 Å². The molecule has 2 aliphatic carbocycles. The van der Waals surface area contributed by atoms with Crippen molar-refractivity contribution in [3.05, 3.63) is 35.4 Å². The van der Waals surface area contributed by atoms with Crippen molar-refractivity contribution in [1.82, 2.24) is 0 Å². The second kappa shape index (κ2) is 6.64. The van der Waals surface area contributed by atoms with E-state index in [0.29, 0.717) is 5.92 Å². The highest BCUT2D eigenvalue weighted by atomic mass is 16.4. The van der Waals surface area contributed by atoms with Gasteiger partial charge < -0.3 is 5.11 Å². The molecule has 114 valence electrons. The summed E-state index contributed by atoms with van der Waals surface area (Å²) in [4.78, 5) is 11.1. The molecule has 0 spiro atoms. The fourth-order valence-corrected chi connectivity index (χ4v) is 3.87. The molecule has 2 fully saturated rings. The van der Waals surface area contributed by atoms with Crippen molar-refractivity contribution in [3.63, 3.8) is 0 Å². The van der Waals surface area contributed by atoms with Crippen molar-refractivity contribution in [2.45, 2.75) is 69.6 Å². The van der Waals surface area contributed by atoms with Gasteiger partial charge in [-0.15, -0.1) is 0 Å². The van der Waals surface area contributed by atoms with Crippen molar-refractivity contribution < 1.29 is 9.90 Å². The first kappa shape index (κ1) is 14.6. The summed E-state index contributed by atoms with van der Waals surface area (Å²) in [5.41, 5.74) is 2.70.